The van der Waals surface area contributed by atoms with Crippen LogP contribution in [-0.2, 0) is 4.74 Å². The fraction of sp³-hybridized carbons (Fsp3) is 0.300. The lowest BCUT2D eigenvalue weighted by Gasteiger charge is -2.11. The maximum Gasteiger partial charge on any atom is 0.280 e. The molecule has 6 nitrogen and oxygen atoms in total. The number of anilines is 2. The third kappa shape index (κ3) is 4.14. The molecule has 0 spiro atoms. The third-order valence-corrected chi connectivity index (χ3v) is 3.78. The third-order valence-electron chi connectivity index (χ3n) is 3.78. The minimum atomic E-state index is -0.340. The molecule has 3 rings (SSSR count). The summed E-state index contributed by atoms with van der Waals surface area (Å²) in [6.45, 7) is 6.89. The number of benzene rings is 2. The Morgan fingerprint density at radius 2 is 1.77 bits per heavy atom. The first-order valence-electron chi connectivity index (χ1n) is 8.71. The first-order chi connectivity index (χ1) is 12.6. The molecule has 2 N–H and O–H groups in total. The zero-order valence-corrected chi connectivity index (χ0v) is 15.2. The van der Waals surface area contributed by atoms with Gasteiger partial charge < -0.3 is 20.1 Å². The largest absolute Gasteiger partial charge is 0.491 e. The molecule has 0 aliphatic carbocycles. The van der Waals surface area contributed by atoms with Crippen molar-refractivity contribution in [2.75, 3.05) is 23.9 Å². The molecule has 1 aliphatic rings. The van der Waals surface area contributed by atoms with Crippen molar-refractivity contribution in [2.45, 2.75) is 26.9 Å². The van der Waals surface area contributed by atoms with E-state index in [1.54, 1.807) is 12.1 Å². The molecular weight excluding hydrogens is 330 g/mol. The van der Waals surface area contributed by atoms with E-state index < -0.39 is 0 Å². The summed E-state index contributed by atoms with van der Waals surface area (Å²) in [7, 11) is 0. The second-order valence-electron chi connectivity index (χ2n) is 6.14. The second kappa shape index (κ2) is 7.91. The van der Waals surface area contributed by atoms with Crippen LogP contribution in [0, 0.1) is 0 Å². The van der Waals surface area contributed by atoms with Crippen molar-refractivity contribution in [1.29, 1.82) is 0 Å². The number of rotatable bonds is 5. The maximum atomic E-state index is 12.6. The highest BCUT2D eigenvalue weighted by atomic mass is 16.5. The number of hydrogen-bond acceptors (Lipinski definition) is 5. The van der Waals surface area contributed by atoms with Crippen LogP contribution in [0.25, 0.3) is 0 Å². The van der Waals surface area contributed by atoms with Gasteiger partial charge in [0.2, 0.25) is 5.90 Å². The molecule has 26 heavy (non-hydrogen) atoms. The smallest absolute Gasteiger partial charge is 0.280 e. The van der Waals surface area contributed by atoms with Gasteiger partial charge in [-0.2, -0.15) is 4.99 Å². The quantitative estimate of drug-likeness (QED) is 0.630. The summed E-state index contributed by atoms with van der Waals surface area (Å²) in [5.41, 5.74) is 3.13. The Balaban J connectivity index is 1.83. The molecule has 0 fully saturated rings. The number of carbonyl (C=O) groups excluding carboxylic acids is 1. The summed E-state index contributed by atoms with van der Waals surface area (Å²) >= 11 is 0. The lowest BCUT2D eigenvalue weighted by atomic mass is 10.1. The van der Waals surface area contributed by atoms with E-state index in [1.165, 1.54) is 0 Å². The number of hydrogen-bond donors (Lipinski definition) is 2. The Labute approximate surface area is 153 Å². The topological polar surface area (TPSA) is 72.0 Å². The summed E-state index contributed by atoms with van der Waals surface area (Å²) in [5, 5.41) is 6.35. The number of nitrogens with one attached hydrogen (secondary N) is 2. The number of nitrogens with zero attached hydrogens (tertiary/aromatic N) is 1. The first kappa shape index (κ1) is 17.8. The minimum absolute atomic E-state index is 0.102. The molecule has 2 aromatic rings. The van der Waals surface area contributed by atoms with Gasteiger partial charge in [0.05, 0.1) is 30.8 Å². The molecule has 0 unspecified atom stereocenters. The highest BCUT2D eigenvalue weighted by molar-refractivity contribution is 6.07. The molecule has 0 saturated heterocycles. The number of carbonyl (C=O) groups is 1. The van der Waals surface area contributed by atoms with E-state index >= 15 is 0 Å². The number of fused-ring (bicyclic) bond motifs is 1. The summed E-state index contributed by atoms with van der Waals surface area (Å²) in [6.07, 6.45) is 0.102. The van der Waals surface area contributed by atoms with Gasteiger partial charge in [-0.1, -0.05) is 0 Å². The summed E-state index contributed by atoms with van der Waals surface area (Å²) in [6, 6.07) is 12.8. The summed E-state index contributed by atoms with van der Waals surface area (Å²) in [5.74, 6) is 0.732. The maximum absolute atomic E-state index is 12.6. The minimum Gasteiger partial charge on any atom is -0.491 e. The highest BCUT2D eigenvalue weighted by Crippen LogP contribution is 2.27. The van der Waals surface area contributed by atoms with Gasteiger partial charge in [-0.25, -0.2) is 0 Å². The first-order valence-corrected chi connectivity index (χ1v) is 8.71. The highest BCUT2D eigenvalue weighted by Gasteiger charge is 2.14. The van der Waals surface area contributed by atoms with E-state index in [4.69, 9.17) is 9.47 Å². The Hall–Kier alpha value is -3.02. The van der Waals surface area contributed by atoms with Gasteiger partial charge in [0, 0.05) is 11.1 Å². The van der Waals surface area contributed by atoms with E-state index in [1.807, 2.05) is 51.1 Å². The normalized spacial score (nSPS) is 13.0. The molecule has 0 aromatic heterocycles. The van der Waals surface area contributed by atoms with Crippen LogP contribution in [0.3, 0.4) is 0 Å². The van der Waals surface area contributed by atoms with Gasteiger partial charge in [-0.15, -0.1) is 0 Å². The molecule has 0 saturated carbocycles. The zero-order chi connectivity index (χ0) is 18.5. The van der Waals surface area contributed by atoms with Crippen molar-refractivity contribution in [3.05, 3.63) is 53.6 Å². The number of ether oxygens (including phenoxy) is 2. The van der Waals surface area contributed by atoms with Crippen LogP contribution in [0.5, 0.6) is 5.75 Å². The van der Waals surface area contributed by atoms with Gasteiger partial charge in [-0.05, 0) is 63.2 Å². The van der Waals surface area contributed by atoms with Crippen molar-refractivity contribution in [3.63, 3.8) is 0 Å². The Morgan fingerprint density at radius 3 is 2.46 bits per heavy atom. The zero-order valence-electron chi connectivity index (χ0n) is 15.2. The van der Waals surface area contributed by atoms with Crippen LogP contribution in [0.1, 0.15) is 36.7 Å². The summed E-state index contributed by atoms with van der Waals surface area (Å²) < 4.78 is 11.2. The molecule has 1 heterocycles. The number of aliphatic imine (C=N–C) groups is 1. The summed E-state index contributed by atoms with van der Waals surface area (Å²) in [4.78, 5) is 16.8. The lowest BCUT2D eigenvalue weighted by Crippen LogP contribution is -2.11. The molecule has 6 heteroatoms. The van der Waals surface area contributed by atoms with E-state index in [0.717, 1.165) is 22.7 Å². The molecule has 2 aromatic carbocycles. The van der Waals surface area contributed by atoms with Crippen LogP contribution in [-0.4, -0.2) is 31.2 Å². The fourth-order valence-corrected chi connectivity index (χ4v) is 2.63. The lowest BCUT2D eigenvalue weighted by molar-refractivity contribution is 0.0999. The van der Waals surface area contributed by atoms with Crippen LogP contribution in [0.15, 0.2) is 47.5 Å². The molecule has 1 amide bonds. The average Bonchev–Trinajstić information content (AvgIpc) is 3.09. The SMILES string of the molecule is CCOC(=NC(=O)c1ccc2c(c1)NCN2)c1ccc(OC(C)C)cc1. The Kier molecular flexibility index (Phi) is 5.41. The van der Waals surface area contributed by atoms with E-state index in [-0.39, 0.29) is 12.0 Å². The number of amides is 1. The van der Waals surface area contributed by atoms with Crippen LogP contribution >= 0.6 is 0 Å². The predicted molar refractivity (Wildman–Crippen MR) is 103 cm³/mol. The second-order valence-corrected chi connectivity index (χ2v) is 6.14. The van der Waals surface area contributed by atoms with Crippen molar-refractivity contribution in [1.82, 2.24) is 0 Å². The fourth-order valence-electron chi connectivity index (χ4n) is 2.63. The van der Waals surface area contributed by atoms with Gasteiger partial charge in [-0.3, -0.25) is 4.79 Å². The van der Waals surface area contributed by atoms with Crippen LogP contribution in [0.2, 0.25) is 0 Å². The predicted octanol–water partition coefficient (Wildman–Crippen LogP) is 3.89. The molecule has 0 bridgehead atoms. The molecule has 0 radical (unpaired) electrons. The molecule has 136 valence electrons. The van der Waals surface area contributed by atoms with E-state index in [2.05, 4.69) is 15.6 Å². The van der Waals surface area contributed by atoms with Crippen molar-refractivity contribution < 1.29 is 14.3 Å². The van der Waals surface area contributed by atoms with Gasteiger partial charge in [0.25, 0.3) is 5.91 Å². The monoisotopic (exact) mass is 353 g/mol. The van der Waals surface area contributed by atoms with Crippen molar-refractivity contribution in [2.24, 2.45) is 4.99 Å². The average molecular weight is 353 g/mol. The molecular formula is C20H23N3O3. The van der Waals surface area contributed by atoms with Crippen LogP contribution < -0.4 is 15.4 Å². The van der Waals surface area contributed by atoms with Gasteiger partial charge in [0.15, 0.2) is 0 Å². The molecule has 0 atom stereocenters. The van der Waals surface area contributed by atoms with E-state index in [9.17, 15) is 4.79 Å². The van der Waals surface area contributed by atoms with Gasteiger partial charge >= 0.3 is 0 Å². The Bertz CT molecular complexity index is 814. The van der Waals surface area contributed by atoms with Crippen LogP contribution in [0.4, 0.5) is 11.4 Å². The van der Waals surface area contributed by atoms with Crippen molar-refractivity contribution >= 4 is 23.2 Å². The van der Waals surface area contributed by atoms with E-state index in [0.29, 0.717) is 24.7 Å². The van der Waals surface area contributed by atoms with Gasteiger partial charge in [0.1, 0.15) is 5.75 Å². The molecule has 1 aliphatic heterocycles. The Morgan fingerprint density at radius 1 is 1.08 bits per heavy atom. The van der Waals surface area contributed by atoms with Crippen molar-refractivity contribution in [3.8, 4) is 5.75 Å². The standard InChI is InChI=1S/C20H23N3O3/c1-4-25-20(14-5-8-16(9-6-14)26-13(2)3)23-19(24)15-7-10-17-18(11-15)22-12-21-17/h5-11,13,21-22H,4,12H2,1-3H3.